The highest BCUT2D eigenvalue weighted by atomic mass is 16.6. The van der Waals surface area contributed by atoms with E-state index in [0.29, 0.717) is 11.5 Å². The molecule has 1 N–H and O–H groups in total. The summed E-state index contributed by atoms with van der Waals surface area (Å²) in [6.07, 6.45) is 0.343. The van der Waals surface area contributed by atoms with Crippen molar-refractivity contribution < 1.29 is 14.3 Å². The van der Waals surface area contributed by atoms with E-state index in [2.05, 4.69) is 12.2 Å². The van der Waals surface area contributed by atoms with Crippen molar-refractivity contribution >= 4 is 11.6 Å². The molecule has 1 aliphatic heterocycles. The topological polar surface area (TPSA) is 47.6 Å². The molecule has 1 aliphatic rings. The molecule has 4 nitrogen and oxygen atoms in total. The van der Waals surface area contributed by atoms with E-state index in [4.69, 9.17) is 9.47 Å². The van der Waals surface area contributed by atoms with Crippen LogP contribution in [0.4, 0.5) is 5.69 Å². The van der Waals surface area contributed by atoms with Gasteiger partial charge in [0, 0.05) is 5.69 Å². The number of para-hydroxylation sites is 2. The SMILES string of the molecule is CCc1ccc(NC(=O)[C@@H]2COc3ccccc3O2)cc1. The first-order valence-corrected chi connectivity index (χ1v) is 7.04. The quantitative estimate of drug-likeness (QED) is 0.942. The van der Waals surface area contributed by atoms with E-state index in [1.807, 2.05) is 42.5 Å². The lowest BCUT2D eigenvalue weighted by molar-refractivity contribution is -0.125. The summed E-state index contributed by atoms with van der Waals surface area (Å²) < 4.78 is 11.2. The highest BCUT2D eigenvalue weighted by Gasteiger charge is 2.27. The van der Waals surface area contributed by atoms with Crippen molar-refractivity contribution in [1.82, 2.24) is 0 Å². The largest absolute Gasteiger partial charge is 0.485 e. The zero-order valence-electron chi connectivity index (χ0n) is 11.8. The molecule has 0 spiro atoms. The molecule has 1 heterocycles. The predicted molar refractivity (Wildman–Crippen MR) is 80.8 cm³/mol. The Kier molecular flexibility index (Phi) is 3.77. The summed E-state index contributed by atoms with van der Waals surface area (Å²) in [5, 5.41) is 2.85. The third-order valence-electron chi connectivity index (χ3n) is 3.43. The van der Waals surface area contributed by atoms with Gasteiger partial charge in [-0.15, -0.1) is 0 Å². The summed E-state index contributed by atoms with van der Waals surface area (Å²) in [5.41, 5.74) is 2.00. The monoisotopic (exact) mass is 283 g/mol. The van der Waals surface area contributed by atoms with E-state index in [1.165, 1.54) is 5.56 Å². The van der Waals surface area contributed by atoms with Gasteiger partial charge in [0.05, 0.1) is 0 Å². The number of aryl methyl sites for hydroxylation is 1. The number of hydrogen-bond donors (Lipinski definition) is 1. The molecule has 0 saturated heterocycles. The first-order chi connectivity index (χ1) is 10.3. The first-order valence-electron chi connectivity index (χ1n) is 7.04. The second-order valence-corrected chi connectivity index (χ2v) is 4.90. The maximum atomic E-state index is 12.2. The fourth-order valence-corrected chi connectivity index (χ4v) is 2.20. The predicted octanol–water partition coefficient (Wildman–Crippen LogP) is 3.03. The van der Waals surface area contributed by atoms with Gasteiger partial charge in [-0.2, -0.15) is 0 Å². The lowest BCUT2D eigenvalue weighted by Crippen LogP contribution is -2.40. The van der Waals surface area contributed by atoms with Crippen LogP contribution in [-0.2, 0) is 11.2 Å². The molecule has 108 valence electrons. The minimum absolute atomic E-state index is 0.200. The molecule has 2 aromatic carbocycles. The fourth-order valence-electron chi connectivity index (χ4n) is 2.20. The molecule has 4 heteroatoms. The van der Waals surface area contributed by atoms with Crippen molar-refractivity contribution in [2.24, 2.45) is 0 Å². The fraction of sp³-hybridized carbons (Fsp3) is 0.235. The third kappa shape index (κ3) is 2.99. The number of rotatable bonds is 3. The average Bonchev–Trinajstić information content (AvgIpc) is 2.55. The highest BCUT2D eigenvalue weighted by molar-refractivity contribution is 5.94. The summed E-state index contributed by atoms with van der Waals surface area (Å²) >= 11 is 0. The number of benzene rings is 2. The number of amides is 1. The van der Waals surface area contributed by atoms with Gasteiger partial charge in [0.15, 0.2) is 11.5 Å². The van der Waals surface area contributed by atoms with Crippen LogP contribution in [0.25, 0.3) is 0 Å². The number of ether oxygens (including phenoxy) is 2. The summed E-state index contributed by atoms with van der Waals surface area (Å²) in [4.78, 5) is 12.2. The second kappa shape index (κ2) is 5.87. The molecule has 2 aromatic rings. The Labute approximate surface area is 123 Å². The molecule has 3 rings (SSSR count). The second-order valence-electron chi connectivity index (χ2n) is 4.90. The zero-order chi connectivity index (χ0) is 14.7. The van der Waals surface area contributed by atoms with E-state index in [9.17, 15) is 4.79 Å². The van der Waals surface area contributed by atoms with Gasteiger partial charge >= 0.3 is 0 Å². The van der Waals surface area contributed by atoms with Crippen LogP contribution in [0.5, 0.6) is 11.5 Å². The Hall–Kier alpha value is -2.49. The van der Waals surface area contributed by atoms with Crippen LogP contribution in [0.15, 0.2) is 48.5 Å². The van der Waals surface area contributed by atoms with E-state index in [0.717, 1.165) is 12.1 Å². The zero-order valence-corrected chi connectivity index (χ0v) is 11.8. The van der Waals surface area contributed by atoms with Crippen LogP contribution in [0.1, 0.15) is 12.5 Å². The van der Waals surface area contributed by atoms with Crippen LogP contribution in [0.3, 0.4) is 0 Å². The Bertz CT molecular complexity index is 637. The van der Waals surface area contributed by atoms with Gasteiger partial charge in [0.1, 0.15) is 6.61 Å². The summed E-state index contributed by atoms with van der Waals surface area (Å²) in [6, 6.07) is 15.1. The molecule has 0 aromatic heterocycles. The lowest BCUT2D eigenvalue weighted by atomic mass is 10.1. The van der Waals surface area contributed by atoms with Crippen molar-refractivity contribution in [2.45, 2.75) is 19.4 Å². The van der Waals surface area contributed by atoms with Gasteiger partial charge in [0.2, 0.25) is 6.10 Å². The van der Waals surface area contributed by atoms with Crippen molar-refractivity contribution in [3.05, 3.63) is 54.1 Å². The van der Waals surface area contributed by atoms with Gasteiger partial charge in [0.25, 0.3) is 5.91 Å². The minimum Gasteiger partial charge on any atom is -0.485 e. The van der Waals surface area contributed by atoms with Gasteiger partial charge in [-0.3, -0.25) is 4.79 Å². The Morgan fingerprint density at radius 2 is 1.86 bits per heavy atom. The average molecular weight is 283 g/mol. The summed E-state index contributed by atoms with van der Waals surface area (Å²) in [7, 11) is 0. The molecule has 1 atom stereocenters. The van der Waals surface area contributed by atoms with Crippen LogP contribution in [0.2, 0.25) is 0 Å². The summed E-state index contributed by atoms with van der Waals surface area (Å²) in [5.74, 6) is 1.08. The lowest BCUT2D eigenvalue weighted by Gasteiger charge is -2.25. The van der Waals surface area contributed by atoms with Gasteiger partial charge < -0.3 is 14.8 Å². The van der Waals surface area contributed by atoms with Crippen LogP contribution < -0.4 is 14.8 Å². The number of anilines is 1. The van der Waals surface area contributed by atoms with Gasteiger partial charge in [-0.1, -0.05) is 31.2 Å². The van der Waals surface area contributed by atoms with Gasteiger partial charge in [-0.05, 0) is 36.2 Å². The summed E-state index contributed by atoms with van der Waals surface area (Å²) in [6.45, 7) is 2.31. The Morgan fingerprint density at radius 3 is 2.57 bits per heavy atom. The molecular weight excluding hydrogens is 266 g/mol. The number of carbonyl (C=O) groups excluding carboxylic acids is 1. The number of carbonyl (C=O) groups is 1. The van der Waals surface area contributed by atoms with Crippen molar-refractivity contribution in [3.63, 3.8) is 0 Å². The molecule has 0 fully saturated rings. The van der Waals surface area contributed by atoms with Crippen molar-refractivity contribution in [3.8, 4) is 11.5 Å². The van der Waals surface area contributed by atoms with Crippen molar-refractivity contribution in [2.75, 3.05) is 11.9 Å². The Balaban J connectivity index is 1.66. The van der Waals surface area contributed by atoms with Crippen molar-refractivity contribution in [1.29, 1.82) is 0 Å². The molecule has 21 heavy (non-hydrogen) atoms. The smallest absolute Gasteiger partial charge is 0.269 e. The molecule has 0 bridgehead atoms. The molecular formula is C17H17NO3. The molecule has 0 saturated carbocycles. The van der Waals surface area contributed by atoms with E-state index >= 15 is 0 Å². The van der Waals surface area contributed by atoms with Gasteiger partial charge in [-0.25, -0.2) is 0 Å². The van der Waals surface area contributed by atoms with E-state index in [1.54, 1.807) is 6.07 Å². The minimum atomic E-state index is -0.634. The van der Waals surface area contributed by atoms with Crippen LogP contribution >= 0.6 is 0 Å². The van der Waals surface area contributed by atoms with Crippen LogP contribution in [-0.4, -0.2) is 18.6 Å². The standard InChI is InChI=1S/C17H17NO3/c1-2-12-7-9-13(10-8-12)18-17(19)16-11-20-14-5-3-4-6-15(14)21-16/h3-10,16H,2,11H2,1H3,(H,18,19)/t16-/m0/s1. The molecule has 0 aliphatic carbocycles. The first kappa shape index (κ1) is 13.5. The maximum Gasteiger partial charge on any atom is 0.269 e. The Morgan fingerprint density at radius 1 is 1.14 bits per heavy atom. The number of fused-ring (bicyclic) bond motifs is 1. The highest BCUT2D eigenvalue weighted by Crippen LogP contribution is 2.31. The maximum absolute atomic E-state index is 12.2. The molecule has 1 amide bonds. The third-order valence-corrected chi connectivity index (χ3v) is 3.43. The van der Waals surface area contributed by atoms with Crippen LogP contribution in [0, 0.1) is 0 Å². The normalized spacial score (nSPS) is 16.3. The van der Waals surface area contributed by atoms with E-state index < -0.39 is 6.10 Å². The number of nitrogens with one attached hydrogen (secondary N) is 1. The van der Waals surface area contributed by atoms with E-state index in [-0.39, 0.29) is 12.5 Å². The molecule has 0 unspecified atom stereocenters. The number of hydrogen-bond acceptors (Lipinski definition) is 3. The molecule has 0 radical (unpaired) electrons.